The number of carbonyl (C=O) groups excluding carboxylic acids is 2. The molecule has 0 radical (unpaired) electrons. The van der Waals surface area contributed by atoms with E-state index >= 15 is 0 Å². The number of anilines is 1. The summed E-state index contributed by atoms with van der Waals surface area (Å²) < 4.78 is 10.5. The second kappa shape index (κ2) is 7.69. The van der Waals surface area contributed by atoms with E-state index < -0.39 is 18.0 Å². The third-order valence-electron chi connectivity index (χ3n) is 3.91. The van der Waals surface area contributed by atoms with Gasteiger partial charge in [0.05, 0.1) is 30.0 Å². The molecule has 3 rings (SSSR count). The molecule has 1 aromatic heterocycles. The molecule has 0 bridgehead atoms. The number of amides is 1. The fraction of sp³-hybridized carbons (Fsp3) is 0.211. The molecule has 2 N–H and O–H groups in total. The number of H-pyrrole nitrogens is 1. The Hall–Kier alpha value is -3.35. The summed E-state index contributed by atoms with van der Waals surface area (Å²) in [4.78, 5) is 31.9. The Morgan fingerprint density at radius 1 is 1.23 bits per heavy atom. The molecule has 0 aliphatic rings. The molecule has 134 valence electrons. The summed E-state index contributed by atoms with van der Waals surface area (Å²) in [6.45, 7) is 1.78. The maximum Gasteiger partial charge on any atom is 0.338 e. The predicted octanol–water partition coefficient (Wildman–Crippen LogP) is 3.15. The molecule has 7 heteroatoms. The van der Waals surface area contributed by atoms with E-state index in [9.17, 15) is 9.59 Å². The van der Waals surface area contributed by atoms with Crippen LogP contribution in [0.2, 0.25) is 0 Å². The van der Waals surface area contributed by atoms with E-state index in [4.69, 9.17) is 9.47 Å². The molecule has 26 heavy (non-hydrogen) atoms. The molecule has 1 atom stereocenters. The number of esters is 1. The zero-order valence-corrected chi connectivity index (χ0v) is 14.5. The van der Waals surface area contributed by atoms with Crippen molar-refractivity contribution >= 4 is 28.6 Å². The first-order chi connectivity index (χ1) is 12.6. The first kappa shape index (κ1) is 17.5. The molecule has 0 fully saturated rings. The fourth-order valence-corrected chi connectivity index (χ4v) is 2.51. The molecule has 0 saturated carbocycles. The number of carbonyl (C=O) groups is 2. The molecule has 2 aromatic carbocycles. The molecule has 0 aliphatic carbocycles. The van der Waals surface area contributed by atoms with Crippen molar-refractivity contribution in [3.05, 3.63) is 54.4 Å². The SMILES string of the molecule is CCC(OC(=O)c1ccc2nc[nH]c2c1)C(=O)Nc1cccc(OC)c1. The average molecular weight is 353 g/mol. The Bertz CT molecular complexity index is 935. The monoisotopic (exact) mass is 353 g/mol. The van der Waals surface area contributed by atoms with E-state index in [-0.39, 0.29) is 0 Å². The predicted molar refractivity (Wildman–Crippen MR) is 97.2 cm³/mol. The van der Waals surface area contributed by atoms with Gasteiger partial charge in [-0.2, -0.15) is 0 Å². The normalized spacial score (nSPS) is 11.8. The van der Waals surface area contributed by atoms with Crippen molar-refractivity contribution in [1.29, 1.82) is 0 Å². The van der Waals surface area contributed by atoms with Crippen molar-refractivity contribution in [2.75, 3.05) is 12.4 Å². The largest absolute Gasteiger partial charge is 0.497 e. The number of imidazole rings is 1. The summed E-state index contributed by atoms with van der Waals surface area (Å²) in [5.41, 5.74) is 2.41. The van der Waals surface area contributed by atoms with Gasteiger partial charge in [0.25, 0.3) is 5.91 Å². The Morgan fingerprint density at radius 3 is 2.85 bits per heavy atom. The van der Waals surface area contributed by atoms with Crippen LogP contribution in [0.25, 0.3) is 11.0 Å². The molecule has 7 nitrogen and oxygen atoms in total. The van der Waals surface area contributed by atoms with Gasteiger partial charge in [-0.05, 0) is 36.8 Å². The van der Waals surface area contributed by atoms with Gasteiger partial charge in [0.2, 0.25) is 0 Å². The molecule has 0 saturated heterocycles. The van der Waals surface area contributed by atoms with Crippen LogP contribution in [0.1, 0.15) is 23.7 Å². The van der Waals surface area contributed by atoms with Crippen LogP contribution in [-0.4, -0.2) is 35.1 Å². The van der Waals surface area contributed by atoms with Crippen LogP contribution < -0.4 is 10.1 Å². The van der Waals surface area contributed by atoms with Crippen LogP contribution in [0.3, 0.4) is 0 Å². The smallest absolute Gasteiger partial charge is 0.338 e. The summed E-state index contributed by atoms with van der Waals surface area (Å²) in [5, 5.41) is 2.74. The lowest BCUT2D eigenvalue weighted by atomic mass is 10.2. The van der Waals surface area contributed by atoms with Crippen molar-refractivity contribution in [3.8, 4) is 5.75 Å². The first-order valence-electron chi connectivity index (χ1n) is 8.19. The van der Waals surface area contributed by atoms with Gasteiger partial charge in [0.15, 0.2) is 6.10 Å². The number of benzene rings is 2. The molecular weight excluding hydrogens is 334 g/mol. The van der Waals surface area contributed by atoms with Gasteiger partial charge in [-0.15, -0.1) is 0 Å². The van der Waals surface area contributed by atoms with E-state index in [1.165, 1.54) is 0 Å². The molecule has 1 unspecified atom stereocenters. The van der Waals surface area contributed by atoms with Gasteiger partial charge in [-0.25, -0.2) is 9.78 Å². The first-order valence-corrected chi connectivity index (χ1v) is 8.19. The number of aromatic amines is 1. The number of hydrogen-bond donors (Lipinski definition) is 2. The van der Waals surface area contributed by atoms with Crippen molar-refractivity contribution in [2.24, 2.45) is 0 Å². The van der Waals surface area contributed by atoms with Crippen molar-refractivity contribution < 1.29 is 19.1 Å². The topological polar surface area (TPSA) is 93.3 Å². The Morgan fingerprint density at radius 2 is 2.08 bits per heavy atom. The number of aromatic nitrogens is 2. The Balaban J connectivity index is 1.69. The number of rotatable bonds is 6. The van der Waals surface area contributed by atoms with Crippen LogP contribution in [0.5, 0.6) is 5.75 Å². The summed E-state index contributed by atoms with van der Waals surface area (Å²) in [5.74, 6) is -0.327. The second-order valence-corrected chi connectivity index (χ2v) is 5.66. The van der Waals surface area contributed by atoms with Gasteiger partial charge in [-0.1, -0.05) is 13.0 Å². The number of nitrogens with one attached hydrogen (secondary N) is 2. The highest BCUT2D eigenvalue weighted by Crippen LogP contribution is 2.18. The van der Waals surface area contributed by atoms with Gasteiger partial charge in [0, 0.05) is 11.8 Å². The van der Waals surface area contributed by atoms with Gasteiger partial charge >= 0.3 is 5.97 Å². The molecule has 3 aromatic rings. The van der Waals surface area contributed by atoms with Crippen LogP contribution >= 0.6 is 0 Å². The second-order valence-electron chi connectivity index (χ2n) is 5.66. The van der Waals surface area contributed by atoms with E-state index in [0.717, 1.165) is 11.0 Å². The van der Waals surface area contributed by atoms with Crippen molar-refractivity contribution in [2.45, 2.75) is 19.4 Å². The third-order valence-corrected chi connectivity index (χ3v) is 3.91. The molecule has 1 amide bonds. The summed E-state index contributed by atoms with van der Waals surface area (Å²) in [6.07, 6.45) is 1.01. The minimum atomic E-state index is -0.897. The highest BCUT2D eigenvalue weighted by atomic mass is 16.5. The lowest BCUT2D eigenvalue weighted by Gasteiger charge is -2.16. The summed E-state index contributed by atoms with van der Waals surface area (Å²) in [7, 11) is 1.55. The average Bonchev–Trinajstić information content (AvgIpc) is 3.13. The quantitative estimate of drug-likeness (QED) is 0.664. The highest BCUT2D eigenvalue weighted by molar-refractivity contribution is 5.98. The summed E-state index contributed by atoms with van der Waals surface area (Å²) in [6, 6.07) is 12.0. The number of nitrogens with zero attached hydrogens (tertiary/aromatic N) is 1. The van der Waals surface area contributed by atoms with Crippen LogP contribution in [0, 0.1) is 0 Å². The Kier molecular flexibility index (Phi) is 5.17. The lowest BCUT2D eigenvalue weighted by molar-refractivity contribution is -0.124. The maximum absolute atomic E-state index is 12.4. The van der Waals surface area contributed by atoms with E-state index in [1.54, 1.807) is 62.8 Å². The Labute approximate surface area is 150 Å². The van der Waals surface area contributed by atoms with E-state index in [2.05, 4.69) is 15.3 Å². The van der Waals surface area contributed by atoms with Crippen LogP contribution in [0.4, 0.5) is 5.69 Å². The van der Waals surface area contributed by atoms with Gasteiger partial charge in [0.1, 0.15) is 5.75 Å². The number of ether oxygens (including phenoxy) is 2. The standard InChI is InChI=1S/C19H19N3O4/c1-3-17(18(23)22-13-5-4-6-14(10-13)25-2)26-19(24)12-7-8-15-16(9-12)21-11-20-15/h4-11,17H,3H2,1-2H3,(H,20,21)(H,22,23). The number of fused-ring (bicyclic) bond motifs is 1. The number of hydrogen-bond acceptors (Lipinski definition) is 5. The van der Waals surface area contributed by atoms with Crippen LogP contribution in [0.15, 0.2) is 48.8 Å². The lowest BCUT2D eigenvalue weighted by Crippen LogP contribution is -2.32. The van der Waals surface area contributed by atoms with Crippen molar-refractivity contribution in [3.63, 3.8) is 0 Å². The van der Waals surface area contributed by atoms with Crippen LogP contribution in [-0.2, 0) is 9.53 Å². The van der Waals surface area contributed by atoms with E-state index in [0.29, 0.717) is 23.4 Å². The highest BCUT2D eigenvalue weighted by Gasteiger charge is 2.22. The van der Waals surface area contributed by atoms with Crippen molar-refractivity contribution in [1.82, 2.24) is 9.97 Å². The number of methoxy groups -OCH3 is 1. The van der Waals surface area contributed by atoms with Gasteiger partial charge in [-0.3, -0.25) is 4.79 Å². The zero-order valence-electron chi connectivity index (χ0n) is 14.5. The minimum absolute atomic E-state index is 0.355. The maximum atomic E-state index is 12.4. The molecule has 0 spiro atoms. The fourth-order valence-electron chi connectivity index (χ4n) is 2.51. The molecule has 1 heterocycles. The molecule has 0 aliphatic heterocycles. The zero-order chi connectivity index (χ0) is 18.5. The minimum Gasteiger partial charge on any atom is -0.497 e. The molecular formula is C19H19N3O4. The van der Waals surface area contributed by atoms with E-state index in [1.807, 2.05) is 0 Å². The summed E-state index contributed by atoms with van der Waals surface area (Å²) >= 11 is 0. The van der Waals surface area contributed by atoms with Gasteiger partial charge < -0.3 is 19.8 Å². The third kappa shape index (κ3) is 3.83.